The molecule has 4 nitrogen and oxygen atoms in total. The van der Waals surface area contributed by atoms with Crippen LogP contribution in [-0.4, -0.2) is 17.4 Å². The van der Waals surface area contributed by atoms with Crippen molar-refractivity contribution < 1.29 is 4.79 Å². The molecule has 0 atom stereocenters. The van der Waals surface area contributed by atoms with Gasteiger partial charge < -0.3 is 10.6 Å². The lowest BCUT2D eigenvalue weighted by Crippen LogP contribution is -2.15. The zero-order valence-corrected chi connectivity index (χ0v) is 11.7. The minimum absolute atomic E-state index is 0.0142. The van der Waals surface area contributed by atoms with Gasteiger partial charge in [-0.15, -0.1) is 0 Å². The molecule has 1 rings (SSSR count). The third-order valence-corrected chi connectivity index (χ3v) is 2.34. The summed E-state index contributed by atoms with van der Waals surface area (Å²) >= 11 is 0. The molecule has 100 valence electrons. The first kappa shape index (κ1) is 14.5. The molecule has 1 heterocycles. The zero-order valence-electron chi connectivity index (χ0n) is 11.7. The number of carbonyl (C=O) groups excluding carboxylic acids is 1. The molecule has 2 N–H and O–H groups in total. The molecule has 0 aliphatic rings. The van der Waals surface area contributed by atoms with Gasteiger partial charge in [-0.3, -0.25) is 4.79 Å². The molecule has 0 saturated heterocycles. The highest BCUT2D eigenvalue weighted by molar-refractivity contribution is 5.89. The number of aromatic nitrogens is 1. The Balaban J connectivity index is 2.47. The molecule has 1 aromatic rings. The number of nitrogens with zero attached hydrogens (tertiary/aromatic N) is 1. The van der Waals surface area contributed by atoms with Crippen LogP contribution in [0, 0.1) is 11.8 Å². The highest BCUT2D eigenvalue weighted by Crippen LogP contribution is 2.11. The summed E-state index contributed by atoms with van der Waals surface area (Å²) in [5.41, 5.74) is 0.977. The van der Waals surface area contributed by atoms with Gasteiger partial charge in [0.1, 0.15) is 5.82 Å². The quantitative estimate of drug-likeness (QED) is 0.814. The topological polar surface area (TPSA) is 54.0 Å². The molecule has 18 heavy (non-hydrogen) atoms. The standard InChI is InChI=1S/C14H23N3O/c1-10(2)7-14(18)17-13-6-5-12(9-16-13)15-8-11(3)4/h5-6,9-11,15H,7-8H2,1-4H3,(H,16,17,18). The maximum absolute atomic E-state index is 11.6. The van der Waals surface area contributed by atoms with E-state index in [4.69, 9.17) is 0 Å². The Bertz CT molecular complexity index is 371. The number of amides is 1. The molecule has 4 heteroatoms. The van der Waals surface area contributed by atoms with Crippen molar-refractivity contribution in [3.63, 3.8) is 0 Å². The van der Waals surface area contributed by atoms with Gasteiger partial charge in [0.05, 0.1) is 11.9 Å². The summed E-state index contributed by atoms with van der Waals surface area (Å²) in [6.45, 7) is 9.26. The van der Waals surface area contributed by atoms with E-state index in [1.165, 1.54) is 0 Å². The zero-order chi connectivity index (χ0) is 13.5. The minimum Gasteiger partial charge on any atom is -0.384 e. The van der Waals surface area contributed by atoms with Gasteiger partial charge in [0.15, 0.2) is 0 Å². The molecular weight excluding hydrogens is 226 g/mol. The number of nitrogens with one attached hydrogen (secondary N) is 2. The van der Waals surface area contributed by atoms with Crippen molar-refractivity contribution in [2.45, 2.75) is 34.1 Å². The second-order valence-electron chi connectivity index (χ2n) is 5.35. The van der Waals surface area contributed by atoms with E-state index in [9.17, 15) is 4.79 Å². The number of anilines is 2. The summed E-state index contributed by atoms with van der Waals surface area (Å²) in [5, 5.41) is 6.07. The Morgan fingerprint density at radius 1 is 1.22 bits per heavy atom. The lowest BCUT2D eigenvalue weighted by atomic mass is 10.1. The van der Waals surface area contributed by atoms with Crippen molar-refractivity contribution in [1.29, 1.82) is 0 Å². The van der Waals surface area contributed by atoms with Gasteiger partial charge in [-0.2, -0.15) is 0 Å². The molecule has 0 aromatic carbocycles. The fourth-order valence-corrected chi connectivity index (χ4v) is 1.46. The van der Waals surface area contributed by atoms with Crippen LogP contribution in [0.3, 0.4) is 0 Å². The number of hydrogen-bond donors (Lipinski definition) is 2. The average Bonchev–Trinajstić information content (AvgIpc) is 2.26. The maximum Gasteiger partial charge on any atom is 0.225 e. The van der Waals surface area contributed by atoms with E-state index >= 15 is 0 Å². The van der Waals surface area contributed by atoms with Crippen LogP contribution in [0.25, 0.3) is 0 Å². The number of rotatable bonds is 6. The lowest BCUT2D eigenvalue weighted by molar-refractivity contribution is -0.116. The summed E-state index contributed by atoms with van der Waals surface area (Å²) < 4.78 is 0. The molecule has 0 bridgehead atoms. The summed E-state index contributed by atoms with van der Waals surface area (Å²) in [4.78, 5) is 15.8. The fourth-order valence-electron chi connectivity index (χ4n) is 1.46. The molecular formula is C14H23N3O. The molecule has 0 unspecified atom stereocenters. The molecule has 0 fully saturated rings. The van der Waals surface area contributed by atoms with Crippen molar-refractivity contribution in [1.82, 2.24) is 4.98 Å². The average molecular weight is 249 g/mol. The first-order chi connectivity index (χ1) is 8.47. The third-order valence-electron chi connectivity index (χ3n) is 2.34. The van der Waals surface area contributed by atoms with Crippen molar-refractivity contribution in [2.75, 3.05) is 17.2 Å². The summed E-state index contributed by atoms with van der Waals surface area (Å²) in [7, 11) is 0. The van der Waals surface area contributed by atoms with Crippen LogP contribution in [0.1, 0.15) is 34.1 Å². The van der Waals surface area contributed by atoms with E-state index in [2.05, 4.69) is 29.5 Å². The first-order valence-electron chi connectivity index (χ1n) is 6.47. The van der Waals surface area contributed by atoms with E-state index in [1.54, 1.807) is 6.20 Å². The van der Waals surface area contributed by atoms with Crippen LogP contribution >= 0.6 is 0 Å². The van der Waals surface area contributed by atoms with Crippen LogP contribution in [0.5, 0.6) is 0 Å². The van der Waals surface area contributed by atoms with Crippen molar-refractivity contribution in [3.05, 3.63) is 18.3 Å². The summed E-state index contributed by atoms with van der Waals surface area (Å²) in [6, 6.07) is 3.75. The highest BCUT2D eigenvalue weighted by atomic mass is 16.1. The fraction of sp³-hybridized carbons (Fsp3) is 0.571. The van der Waals surface area contributed by atoms with Gasteiger partial charge in [0, 0.05) is 13.0 Å². The second-order valence-corrected chi connectivity index (χ2v) is 5.35. The Labute approximate surface area is 109 Å². The molecule has 1 aromatic heterocycles. The Morgan fingerprint density at radius 3 is 2.44 bits per heavy atom. The van der Waals surface area contributed by atoms with E-state index in [0.29, 0.717) is 24.1 Å². The SMILES string of the molecule is CC(C)CNc1ccc(NC(=O)CC(C)C)nc1. The smallest absolute Gasteiger partial charge is 0.225 e. The number of hydrogen-bond acceptors (Lipinski definition) is 3. The van der Waals surface area contributed by atoms with Crippen molar-refractivity contribution >= 4 is 17.4 Å². The van der Waals surface area contributed by atoms with Crippen LogP contribution in [0.4, 0.5) is 11.5 Å². The van der Waals surface area contributed by atoms with Crippen LogP contribution in [0.15, 0.2) is 18.3 Å². The van der Waals surface area contributed by atoms with E-state index in [1.807, 2.05) is 26.0 Å². The second kappa shape index (κ2) is 6.99. The van der Waals surface area contributed by atoms with Crippen LogP contribution in [0.2, 0.25) is 0 Å². The predicted octanol–water partition coefficient (Wildman–Crippen LogP) is 3.13. The number of pyridine rings is 1. The van der Waals surface area contributed by atoms with Gasteiger partial charge in [-0.05, 0) is 24.0 Å². The molecule has 0 saturated carbocycles. The minimum atomic E-state index is 0.0142. The van der Waals surface area contributed by atoms with Gasteiger partial charge in [-0.1, -0.05) is 27.7 Å². The lowest BCUT2D eigenvalue weighted by Gasteiger charge is -2.10. The maximum atomic E-state index is 11.6. The largest absolute Gasteiger partial charge is 0.384 e. The predicted molar refractivity (Wildman–Crippen MR) is 75.6 cm³/mol. The Kier molecular flexibility index (Phi) is 5.62. The van der Waals surface area contributed by atoms with Crippen molar-refractivity contribution in [2.24, 2.45) is 11.8 Å². The summed E-state index contributed by atoms with van der Waals surface area (Å²) in [5.74, 6) is 1.57. The summed E-state index contributed by atoms with van der Waals surface area (Å²) in [6.07, 6.45) is 2.27. The molecule has 0 aliphatic carbocycles. The van der Waals surface area contributed by atoms with E-state index < -0.39 is 0 Å². The molecule has 0 aliphatic heterocycles. The molecule has 0 radical (unpaired) electrons. The van der Waals surface area contributed by atoms with E-state index in [0.717, 1.165) is 12.2 Å². The van der Waals surface area contributed by atoms with Crippen LogP contribution < -0.4 is 10.6 Å². The molecule has 0 spiro atoms. The van der Waals surface area contributed by atoms with E-state index in [-0.39, 0.29) is 5.91 Å². The number of carbonyl (C=O) groups is 1. The van der Waals surface area contributed by atoms with Gasteiger partial charge in [-0.25, -0.2) is 4.98 Å². The molecule has 1 amide bonds. The van der Waals surface area contributed by atoms with Crippen molar-refractivity contribution in [3.8, 4) is 0 Å². The highest BCUT2D eigenvalue weighted by Gasteiger charge is 2.05. The van der Waals surface area contributed by atoms with Gasteiger partial charge >= 0.3 is 0 Å². The Hall–Kier alpha value is -1.58. The van der Waals surface area contributed by atoms with Crippen LogP contribution in [-0.2, 0) is 4.79 Å². The first-order valence-corrected chi connectivity index (χ1v) is 6.47. The van der Waals surface area contributed by atoms with Gasteiger partial charge in [0.25, 0.3) is 0 Å². The normalized spacial score (nSPS) is 10.8. The van der Waals surface area contributed by atoms with Gasteiger partial charge in [0.2, 0.25) is 5.91 Å². The Morgan fingerprint density at radius 2 is 1.94 bits per heavy atom. The monoisotopic (exact) mass is 249 g/mol. The third kappa shape index (κ3) is 5.66.